The molecule has 1 aromatic rings. The zero-order valence-corrected chi connectivity index (χ0v) is 11.4. The van der Waals surface area contributed by atoms with E-state index in [9.17, 15) is 0 Å². The van der Waals surface area contributed by atoms with Gasteiger partial charge in [-0.15, -0.1) is 11.3 Å². The third-order valence-electron chi connectivity index (χ3n) is 3.03. The van der Waals surface area contributed by atoms with Crippen molar-refractivity contribution in [3.8, 4) is 0 Å². The van der Waals surface area contributed by atoms with E-state index in [-0.39, 0.29) is 0 Å². The molecule has 16 heavy (non-hydrogen) atoms. The Hall–Kier alpha value is -0.100. The van der Waals surface area contributed by atoms with Crippen LogP contribution in [0, 0.1) is 0 Å². The summed E-state index contributed by atoms with van der Waals surface area (Å²) in [5, 5.41) is 1.23. The Kier molecular flexibility index (Phi) is 4.64. The predicted octanol–water partition coefficient (Wildman–Crippen LogP) is 1.71. The molecule has 1 fully saturated rings. The van der Waals surface area contributed by atoms with Gasteiger partial charge in [-0.3, -0.25) is 4.90 Å². The third-order valence-corrected chi connectivity index (χ3v) is 4.56. The molecule has 90 valence electrons. The summed E-state index contributed by atoms with van der Waals surface area (Å²) in [6, 6.07) is 0. The lowest BCUT2D eigenvalue weighted by Gasteiger charge is -2.33. The quantitative estimate of drug-likeness (QED) is 0.829. The molecule has 0 spiro atoms. The van der Waals surface area contributed by atoms with Crippen LogP contribution in [0.25, 0.3) is 0 Å². The number of piperazine rings is 1. The van der Waals surface area contributed by atoms with Gasteiger partial charge in [0.05, 0.1) is 6.54 Å². The maximum Gasteiger partial charge on any atom is 0.107 e. The largest absolute Gasteiger partial charge is 0.301 e. The van der Waals surface area contributed by atoms with Crippen LogP contribution >= 0.6 is 24.0 Å². The zero-order valence-electron chi connectivity index (χ0n) is 9.72. The molecule has 0 amide bonds. The molecular weight excluding hydrogens is 238 g/mol. The monoisotopic (exact) mass is 257 g/mol. The summed E-state index contributed by atoms with van der Waals surface area (Å²) in [5.74, 6) is 0.807. The number of thiol groups is 1. The molecular formula is C11H19N3S2. The fourth-order valence-electron chi connectivity index (χ4n) is 1.95. The van der Waals surface area contributed by atoms with Crippen LogP contribution in [0.2, 0.25) is 0 Å². The normalized spacial score (nSPS) is 19.1. The predicted molar refractivity (Wildman–Crippen MR) is 72.2 cm³/mol. The van der Waals surface area contributed by atoms with E-state index in [0.717, 1.165) is 12.3 Å². The second kappa shape index (κ2) is 6.00. The molecule has 5 heteroatoms. The van der Waals surface area contributed by atoms with Gasteiger partial charge in [0.1, 0.15) is 5.01 Å². The summed E-state index contributed by atoms with van der Waals surface area (Å²) in [4.78, 5) is 10.7. The van der Waals surface area contributed by atoms with E-state index in [1.807, 2.05) is 6.20 Å². The summed E-state index contributed by atoms with van der Waals surface area (Å²) in [6.07, 6.45) is 1.95. The topological polar surface area (TPSA) is 19.4 Å². The van der Waals surface area contributed by atoms with Gasteiger partial charge < -0.3 is 4.90 Å². The number of rotatable bonds is 4. The molecule has 1 aromatic heterocycles. The molecule has 1 aliphatic rings. The number of thiazole rings is 1. The minimum Gasteiger partial charge on any atom is -0.301 e. The molecule has 0 aliphatic carbocycles. The molecule has 0 unspecified atom stereocenters. The Morgan fingerprint density at radius 3 is 2.56 bits per heavy atom. The lowest BCUT2D eigenvalue weighted by molar-refractivity contribution is 0.132. The van der Waals surface area contributed by atoms with Crippen LogP contribution in [0.3, 0.4) is 0 Å². The average Bonchev–Trinajstić information content (AvgIpc) is 2.78. The first-order chi connectivity index (χ1) is 7.81. The fourth-order valence-corrected chi connectivity index (χ4v) is 3.05. The Labute approximate surface area is 107 Å². The third kappa shape index (κ3) is 3.20. The number of likely N-dealkylation sites (N-methyl/N-ethyl adjacent to an activating group) is 1. The van der Waals surface area contributed by atoms with Crippen LogP contribution in [0.1, 0.15) is 16.8 Å². The first kappa shape index (κ1) is 12.4. The lowest BCUT2D eigenvalue weighted by Crippen LogP contribution is -2.45. The van der Waals surface area contributed by atoms with Crippen LogP contribution in [0.4, 0.5) is 0 Å². The van der Waals surface area contributed by atoms with E-state index in [1.165, 1.54) is 42.6 Å². The van der Waals surface area contributed by atoms with Gasteiger partial charge in [0.25, 0.3) is 0 Å². The van der Waals surface area contributed by atoms with E-state index < -0.39 is 0 Å². The summed E-state index contributed by atoms with van der Waals surface area (Å²) < 4.78 is 0. The molecule has 0 bridgehead atoms. The van der Waals surface area contributed by atoms with Crippen LogP contribution in [-0.2, 0) is 12.3 Å². The lowest BCUT2D eigenvalue weighted by atomic mass is 10.3. The standard InChI is InChI=1S/C11H19N3S2/c1-2-13-3-5-14(6-4-13)8-11-12-7-10(9-15)16-11/h7,15H,2-6,8-9H2,1H3. The maximum atomic E-state index is 4.43. The van der Waals surface area contributed by atoms with Crippen LogP contribution < -0.4 is 0 Å². The van der Waals surface area contributed by atoms with Crippen molar-refractivity contribution in [1.82, 2.24) is 14.8 Å². The first-order valence-corrected chi connectivity index (χ1v) is 7.26. The second-order valence-corrected chi connectivity index (χ2v) is 5.60. The minimum atomic E-state index is 0.807. The highest BCUT2D eigenvalue weighted by molar-refractivity contribution is 7.79. The molecule has 2 heterocycles. The molecule has 0 N–H and O–H groups in total. The molecule has 1 aliphatic heterocycles. The summed E-state index contributed by atoms with van der Waals surface area (Å²) in [7, 11) is 0. The van der Waals surface area contributed by atoms with E-state index in [1.54, 1.807) is 11.3 Å². The Morgan fingerprint density at radius 1 is 1.31 bits per heavy atom. The SMILES string of the molecule is CCN1CCN(Cc2ncc(CS)s2)CC1. The summed E-state index contributed by atoms with van der Waals surface area (Å²) in [6.45, 7) is 9.15. The molecule has 0 atom stereocenters. The number of aromatic nitrogens is 1. The van der Waals surface area contributed by atoms with Gasteiger partial charge in [-0.25, -0.2) is 4.98 Å². The maximum absolute atomic E-state index is 4.43. The molecule has 0 aromatic carbocycles. The van der Waals surface area contributed by atoms with Crippen molar-refractivity contribution in [2.45, 2.75) is 19.2 Å². The van der Waals surface area contributed by atoms with Crippen LogP contribution in [0.15, 0.2) is 6.20 Å². The average molecular weight is 257 g/mol. The van der Waals surface area contributed by atoms with Crippen molar-refractivity contribution < 1.29 is 0 Å². The summed E-state index contributed by atoms with van der Waals surface area (Å²) in [5.41, 5.74) is 0. The fraction of sp³-hybridized carbons (Fsp3) is 0.727. The molecule has 3 nitrogen and oxygen atoms in total. The Morgan fingerprint density at radius 2 is 2.00 bits per heavy atom. The highest BCUT2D eigenvalue weighted by Crippen LogP contribution is 2.17. The Bertz CT molecular complexity index is 319. The van der Waals surface area contributed by atoms with Gasteiger partial charge in [0.2, 0.25) is 0 Å². The molecule has 0 radical (unpaired) electrons. The van der Waals surface area contributed by atoms with Gasteiger partial charge in [0.15, 0.2) is 0 Å². The van der Waals surface area contributed by atoms with Gasteiger partial charge >= 0.3 is 0 Å². The molecule has 1 saturated heterocycles. The van der Waals surface area contributed by atoms with Crippen molar-refractivity contribution >= 4 is 24.0 Å². The van der Waals surface area contributed by atoms with E-state index in [2.05, 4.69) is 34.3 Å². The second-order valence-electron chi connectivity index (χ2n) is 4.09. The Balaban J connectivity index is 1.82. The smallest absolute Gasteiger partial charge is 0.107 e. The number of nitrogens with zero attached hydrogens (tertiary/aromatic N) is 3. The zero-order chi connectivity index (χ0) is 11.4. The van der Waals surface area contributed by atoms with Crippen molar-refractivity contribution in [2.24, 2.45) is 0 Å². The van der Waals surface area contributed by atoms with Crippen LogP contribution in [0.5, 0.6) is 0 Å². The highest BCUT2D eigenvalue weighted by Gasteiger charge is 2.16. The van der Waals surface area contributed by atoms with Crippen molar-refractivity contribution in [1.29, 1.82) is 0 Å². The van der Waals surface area contributed by atoms with E-state index in [0.29, 0.717) is 0 Å². The van der Waals surface area contributed by atoms with E-state index in [4.69, 9.17) is 0 Å². The number of hydrogen-bond donors (Lipinski definition) is 1. The van der Waals surface area contributed by atoms with Gasteiger partial charge in [-0.2, -0.15) is 12.6 Å². The minimum absolute atomic E-state index is 0.807. The van der Waals surface area contributed by atoms with Gasteiger partial charge in [-0.1, -0.05) is 6.92 Å². The number of hydrogen-bond acceptors (Lipinski definition) is 5. The molecule has 0 saturated carbocycles. The van der Waals surface area contributed by atoms with Crippen molar-refractivity contribution in [3.05, 3.63) is 16.1 Å². The van der Waals surface area contributed by atoms with E-state index >= 15 is 0 Å². The van der Waals surface area contributed by atoms with Crippen molar-refractivity contribution in [2.75, 3.05) is 32.7 Å². The van der Waals surface area contributed by atoms with Gasteiger partial charge in [0, 0.05) is 43.0 Å². The highest BCUT2D eigenvalue weighted by atomic mass is 32.1. The van der Waals surface area contributed by atoms with Crippen LogP contribution in [-0.4, -0.2) is 47.5 Å². The van der Waals surface area contributed by atoms with Crippen molar-refractivity contribution in [3.63, 3.8) is 0 Å². The van der Waals surface area contributed by atoms with Gasteiger partial charge in [-0.05, 0) is 6.54 Å². The first-order valence-electron chi connectivity index (χ1n) is 5.81. The molecule has 2 rings (SSSR count). The summed E-state index contributed by atoms with van der Waals surface area (Å²) >= 11 is 6.05.